The number of aromatic nitrogens is 1. The Balaban J connectivity index is 2.43. The smallest absolute Gasteiger partial charge is 0.247 e. The van der Waals surface area contributed by atoms with Crippen molar-refractivity contribution in [2.45, 2.75) is 37.6 Å². The molecule has 1 aliphatic rings. The molecule has 112 valence electrons. The van der Waals surface area contributed by atoms with Crippen molar-refractivity contribution >= 4 is 31.8 Å². The quantitative estimate of drug-likeness (QED) is 0.845. The van der Waals surface area contributed by atoms with E-state index in [0.717, 1.165) is 12.8 Å². The number of nitrogens with one attached hydrogen (secondary N) is 1. The van der Waals surface area contributed by atoms with Gasteiger partial charge in [-0.25, -0.2) is 13.4 Å². The van der Waals surface area contributed by atoms with Gasteiger partial charge in [0.15, 0.2) is 0 Å². The van der Waals surface area contributed by atoms with Crippen LogP contribution in [0.2, 0.25) is 0 Å². The molecular weight excluding hydrogens is 342 g/mol. The van der Waals surface area contributed by atoms with E-state index in [9.17, 15) is 8.42 Å². The van der Waals surface area contributed by atoms with Crippen LogP contribution in [0.1, 0.15) is 26.7 Å². The Hall–Kier alpha value is -0.660. The van der Waals surface area contributed by atoms with E-state index in [4.69, 9.17) is 0 Å². The van der Waals surface area contributed by atoms with Gasteiger partial charge in [0.05, 0.1) is 0 Å². The van der Waals surface area contributed by atoms with E-state index >= 15 is 0 Å². The fourth-order valence-electron chi connectivity index (χ4n) is 2.07. The minimum absolute atomic E-state index is 0.0655. The molecular formula is C13H20BrN3O2S. The monoisotopic (exact) mass is 361 g/mol. The minimum Gasteiger partial charge on any atom is -0.372 e. The fraction of sp³-hybridized carbons (Fsp3) is 0.615. The van der Waals surface area contributed by atoms with Crippen molar-refractivity contribution in [1.82, 2.24) is 9.29 Å². The maximum Gasteiger partial charge on any atom is 0.247 e. The number of anilines is 1. The molecule has 0 bridgehead atoms. The molecule has 5 nitrogen and oxygen atoms in total. The Morgan fingerprint density at radius 2 is 2.15 bits per heavy atom. The van der Waals surface area contributed by atoms with E-state index in [-0.39, 0.29) is 10.9 Å². The summed E-state index contributed by atoms with van der Waals surface area (Å²) in [5, 5.41) is 2.85. The van der Waals surface area contributed by atoms with Gasteiger partial charge in [-0.1, -0.05) is 0 Å². The molecule has 0 radical (unpaired) electrons. The number of nitrogens with zero attached hydrogens (tertiary/aromatic N) is 2. The van der Waals surface area contributed by atoms with Gasteiger partial charge in [-0.3, -0.25) is 0 Å². The Morgan fingerprint density at radius 3 is 2.65 bits per heavy atom. The summed E-state index contributed by atoms with van der Waals surface area (Å²) in [6, 6.07) is 1.54. The van der Waals surface area contributed by atoms with Crippen LogP contribution in [0.4, 0.5) is 5.82 Å². The van der Waals surface area contributed by atoms with Gasteiger partial charge < -0.3 is 5.32 Å². The van der Waals surface area contributed by atoms with Crippen molar-refractivity contribution in [3.8, 4) is 0 Å². The second-order valence-corrected chi connectivity index (χ2v) is 8.14. The van der Waals surface area contributed by atoms with Gasteiger partial charge >= 0.3 is 0 Å². The van der Waals surface area contributed by atoms with E-state index in [2.05, 4.69) is 26.2 Å². The van der Waals surface area contributed by atoms with Gasteiger partial charge in [0.1, 0.15) is 10.7 Å². The zero-order valence-electron chi connectivity index (χ0n) is 11.9. The summed E-state index contributed by atoms with van der Waals surface area (Å²) in [4.78, 5) is 4.36. The van der Waals surface area contributed by atoms with Crippen LogP contribution < -0.4 is 5.32 Å². The Kier molecular flexibility index (Phi) is 4.71. The lowest BCUT2D eigenvalue weighted by atomic mass is 10.3. The molecule has 1 aromatic rings. The molecule has 7 heteroatoms. The Bertz CT molecular complexity index is 585. The molecule has 2 rings (SSSR count). The average molecular weight is 362 g/mol. The van der Waals surface area contributed by atoms with Gasteiger partial charge in [0, 0.05) is 30.3 Å². The first-order valence-electron chi connectivity index (χ1n) is 6.71. The molecule has 0 atom stereocenters. The van der Waals surface area contributed by atoms with Crippen molar-refractivity contribution in [3.63, 3.8) is 0 Å². The number of hydrogen-bond donors (Lipinski definition) is 1. The molecule has 0 amide bonds. The number of pyridine rings is 1. The van der Waals surface area contributed by atoms with Crippen molar-refractivity contribution in [1.29, 1.82) is 0 Å². The molecule has 1 aromatic heterocycles. The average Bonchev–Trinajstić information content (AvgIpc) is 3.19. The zero-order valence-corrected chi connectivity index (χ0v) is 14.3. The highest BCUT2D eigenvalue weighted by molar-refractivity contribution is 9.10. The van der Waals surface area contributed by atoms with Gasteiger partial charge in [0.25, 0.3) is 0 Å². The zero-order chi connectivity index (χ0) is 14.9. The van der Waals surface area contributed by atoms with Crippen LogP contribution >= 0.6 is 15.9 Å². The third-order valence-corrected chi connectivity index (χ3v) is 5.84. The van der Waals surface area contributed by atoms with Crippen LogP contribution in [-0.4, -0.2) is 37.3 Å². The van der Waals surface area contributed by atoms with Crippen molar-refractivity contribution in [2.24, 2.45) is 5.92 Å². The first-order valence-corrected chi connectivity index (χ1v) is 8.94. The summed E-state index contributed by atoms with van der Waals surface area (Å²) in [7, 11) is -1.87. The highest BCUT2D eigenvalue weighted by atomic mass is 79.9. The number of sulfonamides is 1. The predicted octanol–water partition coefficient (Wildman–Crippen LogP) is 2.69. The highest BCUT2D eigenvalue weighted by Crippen LogP contribution is 2.34. The van der Waals surface area contributed by atoms with Gasteiger partial charge in [-0.15, -0.1) is 0 Å². The van der Waals surface area contributed by atoms with Crippen LogP contribution in [0.5, 0.6) is 0 Å². The maximum absolute atomic E-state index is 12.9. The summed E-state index contributed by atoms with van der Waals surface area (Å²) in [5.74, 6) is 0.889. The summed E-state index contributed by atoms with van der Waals surface area (Å²) < 4.78 is 28.0. The largest absolute Gasteiger partial charge is 0.372 e. The molecule has 0 saturated heterocycles. The maximum atomic E-state index is 12.9. The lowest BCUT2D eigenvalue weighted by Crippen LogP contribution is -2.38. The molecule has 1 N–H and O–H groups in total. The lowest BCUT2D eigenvalue weighted by molar-refractivity contribution is 0.342. The summed E-state index contributed by atoms with van der Waals surface area (Å²) >= 11 is 3.29. The standard InChI is InChI=1S/C13H20BrN3O2S/c1-9(2)17(8-10-4-5-10)20(18,19)12-6-11(14)7-16-13(12)15-3/h6-7,9-10H,4-5,8H2,1-3H3,(H,15,16). The second kappa shape index (κ2) is 5.99. The third kappa shape index (κ3) is 3.32. The first-order chi connectivity index (χ1) is 9.36. The van der Waals surface area contributed by atoms with E-state index in [0.29, 0.717) is 22.8 Å². The van der Waals surface area contributed by atoms with Gasteiger partial charge in [0.2, 0.25) is 10.0 Å². The third-order valence-electron chi connectivity index (χ3n) is 3.35. The topological polar surface area (TPSA) is 62.3 Å². The van der Waals surface area contributed by atoms with Crippen molar-refractivity contribution < 1.29 is 8.42 Å². The molecule has 20 heavy (non-hydrogen) atoms. The van der Waals surface area contributed by atoms with Crippen LogP contribution in [0.15, 0.2) is 21.6 Å². The first kappa shape index (κ1) is 15.7. The number of hydrogen-bond acceptors (Lipinski definition) is 4. The van der Waals surface area contributed by atoms with Crippen molar-refractivity contribution in [2.75, 3.05) is 18.9 Å². The Labute approximate surface area is 129 Å². The summed E-state index contributed by atoms with van der Waals surface area (Å²) in [6.07, 6.45) is 3.83. The SMILES string of the molecule is CNc1ncc(Br)cc1S(=O)(=O)N(CC1CC1)C(C)C. The number of halogens is 1. The van der Waals surface area contributed by atoms with E-state index < -0.39 is 10.0 Å². The van der Waals surface area contributed by atoms with Crippen LogP contribution in [0, 0.1) is 5.92 Å². The van der Waals surface area contributed by atoms with E-state index in [1.807, 2.05) is 13.8 Å². The molecule has 1 fully saturated rings. The molecule has 0 unspecified atom stereocenters. The second-order valence-electron chi connectivity index (χ2n) is 5.36. The van der Waals surface area contributed by atoms with Gasteiger partial charge in [-0.05, 0) is 54.6 Å². The summed E-state index contributed by atoms with van der Waals surface area (Å²) in [6.45, 7) is 4.41. The molecule has 1 aliphatic carbocycles. The van der Waals surface area contributed by atoms with Crippen LogP contribution in [-0.2, 0) is 10.0 Å². The van der Waals surface area contributed by atoms with Gasteiger partial charge in [-0.2, -0.15) is 4.31 Å². The van der Waals surface area contributed by atoms with E-state index in [1.165, 1.54) is 0 Å². The van der Waals surface area contributed by atoms with E-state index in [1.54, 1.807) is 23.6 Å². The Morgan fingerprint density at radius 1 is 1.50 bits per heavy atom. The molecule has 1 heterocycles. The minimum atomic E-state index is -3.54. The highest BCUT2D eigenvalue weighted by Gasteiger charge is 2.34. The molecule has 0 spiro atoms. The normalized spacial score (nSPS) is 15.9. The summed E-state index contributed by atoms with van der Waals surface area (Å²) in [5.41, 5.74) is 0. The van der Waals surface area contributed by atoms with Crippen LogP contribution in [0.25, 0.3) is 0 Å². The van der Waals surface area contributed by atoms with Crippen LogP contribution in [0.3, 0.4) is 0 Å². The number of rotatable bonds is 6. The fourth-order valence-corrected chi connectivity index (χ4v) is 4.45. The molecule has 0 aromatic carbocycles. The molecule has 1 saturated carbocycles. The predicted molar refractivity (Wildman–Crippen MR) is 83.2 cm³/mol. The molecule has 0 aliphatic heterocycles. The van der Waals surface area contributed by atoms with Crippen molar-refractivity contribution in [3.05, 3.63) is 16.7 Å². The lowest BCUT2D eigenvalue weighted by Gasteiger charge is -2.26.